The van der Waals surface area contributed by atoms with Crippen LogP contribution in [-0.4, -0.2) is 30.1 Å². The number of primary amides is 1. The predicted molar refractivity (Wildman–Crippen MR) is 84.6 cm³/mol. The van der Waals surface area contributed by atoms with Crippen LogP contribution in [0.3, 0.4) is 0 Å². The highest BCUT2D eigenvalue weighted by molar-refractivity contribution is 6.34. The number of unbranched alkanes of at least 4 members (excludes halogenated alkanes) is 8. The van der Waals surface area contributed by atoms with Gasteiger partial charge in [0.1, 0.15) is 0 Å². The number of aliphatic hydroxyl groups is 1. The molecule has 21 heavy (non-hydrogen) atoms. The van der Waals surface area contributed by atoms with Crippen molar-refractivity contribution in [1.29, 1.82) is 0 Å². The molecule has 0 atom stereocenters. The summed E-state index contributed by atoms with van der Waals surface area (Å²) < 4.78 is 0. The molecule has 0 aliphatic carbocycles. The Kier molecular flexibility index (Phi) is 14.1. The lowest BCUT2D eigenvalue weighted by Crippen LogP contribution is -2.36. The van der Waals surface area contributed by atoms with Gasteiger partial charge in [-0.05, 0) is 38.5 Å². The van der Waals surface area contributed by atoms with Crippen molar-refractivity contribution in [3.8, 4) is 0 Å². The van der Waals surface area contributed by atoms with Crippen molar-refractivity contribution < 1.29 is 14.7 Å². The summed E-state index contributed by atoms with van der Waals surface area (Å²) in [5.74, 6) is -1.62. The lowest BCUT2D eigenvalue weighted by Gasteiger charge is -2.01. The van der Waals surface area contributed by atoms with E-state index in [4.69, 9.17) is 10.8 Å². The summed E-state index contributed by atoms with van der Waals surface area (Å²) in [7, 11) is 0. The molecular weight excluding hydrogens is 268 g/mol. The molecule has 0 fully saturated rings. The van der Waals surface area contributed by atoms with E-state index in [1.807, 2.05) is 0 Å². The van der Waals surface area contributed by atoms with Gasteiger partial charge in [0.2, 0.25) is 0 Å². The van der Waals surface area contributed by atoms with Gasteiger partial charge in [0.25, 0.3) is 0 Å². The largest absolute Gasteiger partial charge is 0.396 e. The topological polar surface area (TPSA) is 92.4 Å². The number of hydrogen-bond donors (Lipinski definition) is 3. The average molecular weight is 298 g/mol. The molecule has 0 aromatic rings. The molecule has 122 valence electrons. The van der Waals surface area contributed by atoms with Crippen LogP contribution < -0.4 is 11.1 Å². The molecule has 0 radical (unpaired) electrons. The molecule has 0 bridgehead atoms. The number of carbonyl (C=O) groups is 2. The number of aliphatic hydroxyl groups excluding tert-OH is 1. The molecule has 4 N–H and O–H groups in total. The lowest BCUT2D eigenvalue weighted by atomic mass is 10.1. The van der Waals surface area contributed by atoms with E-state index in [1.54, 1.807) is 0 Å². The fraction of sp³-hybridized carbons (Fsp3) is 0.750. The standard InChI is InChI=1S/C16H30N2O3/c17-15(20)16(21)18-13-11-9-7-5-3-1-2-4-6-8-10-12-14-19/h1,3,19H,2,4-14H2,(H2,17,20)(H,18,21)/b3-1-. The van der Waals surface area contributed by atoms with Crippen molar-refractivity contribution in [2.75, 3.05) is 13.2 Å². The Labute approximate surface area is 128 Å². The van der Waals surface area contributed by atoms with Crippen molar-refractivity contribution >= 4 is 11.8 Å². The molecule has 0 rings (SSSR count). The highest BCUT2D eigenvalue weighted by atomic mass is 16.3. The van der Waals surface area contributed by atoms with Crippen molar-refractivity contribution in [3.63, 3.8) is 0 Å². The molecular formula is C16H30N2O3. The third kappa shape index (κ3) is 14.9. The molecule has 0 spiro atoms. The maximum Gasteiger partial charge on any atom is 0.309 e. The van der Waals surface area contributed by atoms with Gasteiger partial charge >= 0.3 is 11.8 Å². The van der Waals surface area contributed by atoms with Crippen molar-refractivity contribution in [1.82, 2.24) is 5.32 Å². The first-order valence-corrected chi connectivity index (χ1v) is 8.02. The minimum absolute atomic E-state index is 0.312. The normalized spacial score (nSPS) is 10.9. The van der Waals surface area contributed by atoms with Crippen molar-refractivity contribution in [3.05, 3.63) is 12.2 Å². The van der Waals surface area contributed by atoms with Gasteiger partial charge in [-0.2, -0.15) is 0 Å². The van der Waals surface area contributed by atoms with Crippen LogP contribution in [0.25, 0.3) is 0 Å². The van der Waals surface area contributed by atoms with E-state index in [1.165, 1.54) is 19.3 Å². The van der Waals surface area contributed by atoms with Crippen molar-refractivity contribution in [2.24, 2.45) is 5.73 Å². The minimum atomic E-state index is -0.922. The third-order valence-electron chi connectivity index (χ3n) is 3.25. The second kappa shape index (κ2) is 15.0. The Hall–Kier alpha value is -1.36. The van der Waals surface area contributed by atoms with E-state index >= 15 is 0 Å². The summed E-state index contributed by atoms with van der Waals surface area (Å²) in [6, 6.07) is 0. The summed E-state index contributed by atoms with van der Waals surface area (Å²) >= 11 is 0. The third-order valence-corrected chi connectivity index (χ3v) is 3.25. The van der Waals surface area contributed by atoms with Gasteiger partial charge < -0.3 is 16.2 Å². The molecule has 0 aliphatic rings. The highest BCUT2D eigenvalue weighted by Crippen LogP contribution is 2.06. The molecule has 0 saturated heterocycles. The Morgan fingerprint density at radius 2 is 1.38 bits per heavy atom. The van der Waals surface area contributed by atoms with Gasteiger partial charge in [-0.25, -0.2) is 0 Å². The van der Waals surface area contributed by atoms with E-state index in [-0.39, 0.29) is 0 Å². The average Bonchev–Trinajstić information content (AvgIpc) is 2.47. The Balaban J connectivity index is 3.19. The maximum atomic E-state index is 10.9. The molecule has 0 aromatic carbocycles. The lowest BCUT2D eigenvalue weighted by molar-refractivity contribution is -0.137. The Morgan fingerprint density at radius 3 is 1.95 bits per heavy atom. The van der Waals surface area contributed by atoms with Gasteiger partial charge in [0.15, 0.2) is 0 Å². The fourth-order valence-electron chi connectivity index (χ4n) is 1.99. The second-order valence-electron chi connectivity index (χ2n) is 5.22. The summed E-state index contributed by atoms with van der Waals surface area (Å²) in [4.78, 5) is 21.3. The van der Waals surface area contributed by atoms with E-state index in [0.29, 0.717) is 13.2 Å². The van der Waals surface area contributed by atoms with Crippen LogP contribution >= 0.6 is 0 Å². The zero-order chi connectivity index (χ0) is 15.8. The minimum Gasteiger partial charge on any atom is -0.396 e. The number of carbonyl (C=O) groups excluding carboxylic acids is 2. The first-order chi connectivity index (χ1) is 10.2. The number of amides is 2. The van der Waals surface area contributed by atoms with E-state index in [2.05, 4.69) is 17.5 Å². The van der Waals surface area contributed by atoms with Crippen LogP contribution in [0.4, 0.5) is 0 Å². The first kappa shape index (κ1) is 19.6. The van der Waals surface area contributed by atoms with Crippen LogP contribution in [0.15, 0.2) is 12.2 Å². The number of rotatable bonds is 13. The number of allylic oxidation sites excluding steroid dienone is 2. The van der Waals surface area contributed by atoms with Crippen LogP contribution in [0.5, 0.6) is 0 Å². The molecule has 2 amide bonds. The van der Waals surface area contributed by atoms with Gasteiger partial charge in [0.05, 0.1) is 0 Å². The van der Waals surface area contributed by atoms with Gasteiger partial charge in [-0.1, -0.05) is 37.8 Å². The maximum absolute atomic E-state index is 10.9. The van der Waals surface area contributed by atoms with Gasteiger partial charge in [-0.3, -0.25) is 9.59 Å². The van der Waals surface area contributed by atoms with Crippen LogP contribution in [0, 0.1) is 0 Å². The molecule has 0 saturated carbocycles. The molecule has 0 heterocycles. The summed E-state index contributed by atoms with van der Waals surface area (Å²) in [5.41, 5.74) is 4.82. The number of hydrogen-bond acceptors (Lipinski definition) is 3. The fourth-order valence-corrected chi connectivity index (χ4v) is 1.99. The molecule has 0 aliphatic heterocycles. The first-order valence-electron chi connectivity index (χ1n) is 8.02. The molecule has 5 heteroatoms. The predicted octanol–water partition coefficient (Wildman–Crippen LogP) is 2.04. The van der Waals surface area contributed by atoms with E-state index in [9.17, 15) is 9.59 Å². The smallest absolute Gasteiger partial charge is 0.309 e. The zero-order valence-electron chi connectivity index (χ0n) is 13.0. The molecule has 0 unspecified atom stereocenters. The number of nitrogens with two attached hydrogens (primary N) is 1. The van der Waals surface area contributed by atoms with Crippen LogP contribution in [0.1, 0.15) is 64.2 Å². The Bertz CT molecular complexity index is 304. The quantitative estimate of drug-likeness (QED) is 0.276. The van der Waals surface area contributed by atoms with E-state index in [0.717, 1.165) is 44.9 Å². The highest BCUT2D eigenvalue weighted by Gasteiger charge is 2.05. The summed E-state index contributed by atoms with van der Waals surface area (Å²) in [6.07, 6.45) is 15.4. The van der Waals surface area contributed by atoms with Gasteiger partial charge in [0, 0.05) is 13.2 Å². The van der Waals surface area contributed by atoms with E-state index < -0.39 is 11.8 Å². The Morgan fingerprint density at radius 1 is 0.857 bits per heavy atom. The van der Waals surface area contributed by atoms with Crippen LogP contribution in [0.2, 0.25) is 0 Å². The zero-order valence-corrected chi connectivity index (χ0v) is 13.0. The second-order valence-corrected chi connectivity index (χ2v) is 5.22. The van der Waals surface area contributed by atoms with Crippen LogP contribution in [-0.2, 0) is 9.59 Å². The van der Waals surface area contributed by atoms with Crippen molar-refractivity contribution in [2.45, 2.75) is 64.2 Å². The molecule has 0 aromatic heterocycles. The molecule has 5 nitrogen and oxygen atoms in total. The summed E-state index contributed by atoms with van der Waals surface area (Å²) in [6.45, 7) is 0.825. The SMILES string of the molecule is NC(=O)C(=O)NCCCCC/C=C\CCCCCCCO. The number of nitrogens with one attached hydrogen (secondary N) is 1. The summed E-state index contributed by atoms with van der Waals surface area (Å²) in [5, 5.41) is 11.1. The van der Waals surface area contributed by atoms with Gasteiger partial charge in [-0.15, -0.1) is 0 Å². The monoisotopic (exact) mass is 298 g/mol.